The van der Waals surface area contributed by atoms with Crippen molar-refractivity contribution in [1.29, 1.82) is 0 Å². The van der Waals surface area contributed by atoms with Gasteiger partial charge in [-0.2, -0.15) is 0 Å². The Morgan fingerprint density at radius 3 is 2.29 bits per heavy atom. The van der Waals surface area contributed by atoms with E-state index in [1.165, 1.54) is 16.9 Å². The molecule has 0 aromatic heterocycles. The van der Waals surface area contributed by atoms with Gasteiger partial charge in [0.25, 0.3) is 0 Å². The third-order valence-electron chi connectivity index (χ3n) is 2.33. The Morgan fingerprint density at radius 2 is 1.82 bits per heavy atom. The van der Waals surface area contributed by atoms with Gasteiger partial charge in [-0.05, 0) is 12.1 Å². The molecule has 0 amide bonds. The minimum Gasteiger partial charge on any atom is -0.288 e. The molecule has 1 aromatic rings. The average molecular weight is 262 g/mol. The summed E-state index contributed by atoms with van der Waals surface area (Å²) in [5, 5.41) is 1.56. The van der Waals surface area contributed by atoms with Crippen molar-refractivity contribution in [3.63, 3.8) is 0 Å². The molecule has 0 saturated heterocycles. The first-order chi connectivity index (χ1) is 7.89. The Labute approximate surface area is 109 Å². The maximum atomic E-state index is 10.7. The lowest BCUT2D eigenvalue weighted by Gasteiger charge is -2.15. The molecule has 0 atom stereocenters. The highest BCUT2D eigenvalue weighted by molar-refractivity contribution is 8.13. The highest BCUT2D eigenvalue weighted by Gasteiger charge is 2.15. The van der Waals surface area contributed by atoms with Gasteiger partial charge in [-0.25, -0.2) is 0 Å². The quantitative estimate of drug-likeness (QED) is 0.602. The fourth-order valence-electron chi connectivity index (χ4n) is 1.33. The van der Waals surface area contributed by atoms with Crippen LogP contribution in [0, 0.1) is 11.8 Å². The summed E-state index contributed by atoms with van der Waals surface area (Å²) < 4.78 is 0. The summed E-state index contributed by atoms with van der Waals surface area (Å²) in [6, 6.07) is 8.49. The van der Waals surface area contributed by atoms with Crippen LogP contribution in [0.25, 0.3) is 0 Å². The second-order valence-electron chi connectivity index (χ2n) is 4.91. The summed E-state index contributed by atoms with van der Waals surface area (Å²) in [6.07, 6.45) is 0. The molecule has 90 valence electrons. The van der Waals surface area contributed by atoms with Gasteiger partial charge < -0.3 is 0 Å². The number of carbonyl (C=O) groups excluding carboxylic acids is 1. The van der Waals surface area contributed by atoms with Gasteiger partial charge in [0.2, 0.25) is 0 Å². The van der Waals surface area contributed by atoms with E-state index in [2.05, 4.69) is 55.7 Å². The molecule has 17 heavy (non-hydrogen) atoms. The van der Waals surface area contributed by atoms with Crippen molar-refractivity contribution in [1.82, 2.24) is 0 Å². The zero-order valence-electron chi connectivity index (χ0n) is 10.8. The zero-order chi connectivity index (χ0) is 12.9. The first-order valence-electron chi connectivity index (χ1n) is 5.62. The van der Waals surface area contributed by atoms with Gasteiger partial charge in [0, 0.05) is 12.5 Å². The average Bonchev–Trinajstić information content (AvgIpc) is 2.23. The van der Waals surface area contributed by atoms with Gasteiger partial charge in [-0.15, -0.1) is 0 Å². The Hall–Kier alpha value is -0.983. The smallest absolute Gasteiger partial charge is 0.186 e. The highest BCUT2D eigenvalue weighted by Crippen LogP contribution is 2.04. The Balaban J connectivity index is 2.66. The first-order valence-corrected chi connectivity index (χ1v) is 10.1. The lowest BCUT2D eigenvalue weighted by Crippen LogP contribution is -2.37. The molecule has 1 rings (SSSR count). The number of hydrogen-bond acceptors (Lipinski definition) is 2. The summed E-state index contributed by atoms with van der Waals surface area (Å²) in [4.78, 5) is 10.7. The molecule has 0 radical (unpaired) electrons. The maximum Gasteiger partial charge on any atom is 0.186 e. The van der Waals surface area contributed by atoms with Gasteiger partial charge in [0.05, 0.1) is 13.8 Å². The van der Waals surface area contributed by atoms with Crippen LogP contribution in [-0.2, 0) is 4.79 Å². The van der Waals surface area contributed by atoms with Crippen molar-refractivity contribution in [2.75, 3.05) is 5.75 Å². The third kappa shape index (κ3) is 5.25. The van der Waals surface area contributed by atoms with Crippen LogP contribution in [-0.4, -0.2) is 18.9 Å². The Morgan fingerprint density at radius 1 is 1.24 bits per heavy atom. The van der Waals surface area contributed by atoms with Crippen LogP contribution in [0.4, 0.5) is 0 Å². The van der Waals surface area contributed by atoms with E-state index in [9.17, 15) is 4.79 Å². The lowest BCUT2D eigenvalue weighted by atomic mass is 10.2. The van der Waals surface area contributed by atoms with E-state index in [4.69, 9.17) is 0 Å². The fraction of sp³-hybridized carbons (Fsp3) is 0.357. The highest BCUT2D eigenvalue weighted by atomic mass is 32.2. The molecule has 0 aliphatic carbocycles. The molecular weight excluding hydrogens is 244 g/mol. The second-order valence-corrected chi connectivity index (χ2v) is 11.1. The predicted molar refractivity (Wildman–Crippen MR) is 79.4 cm³/mol. The molecule has 0 spiro atoms. The molecule has 1 nitrogen and oxygen atoms in total. The van der Waals surface area contributed by atoms with E-state index in [1.807, 2.05) is 0 Å². The molecule has 0 heterocycles. The topological polar surface area (TPSA) is 17.1 Å². The second kappa shape index (κ2) is 6.09. The number of hydrogen-bond donors (Lipinski definition) is 0. The van der Waals surface area contributed by atoms with Crippen molar-refractivity contribution >= 4 is 30.1 Å². The minimum atomic E-state index is -1.21. The zero-order valence-corrected chi connectivity index (χ0v) is 12.6. The van der Waals surface area contributed by atoms with Gasteiger partial charge in [-0.3, -0.25) is 4.79 Å². The van der Waals surface area contributed by atoms with E-state index in [-0.39, 0.29) is 5.12 Å². The number of rotatable bonds is 2. The van der Waals surface area contributed by atoms with Crippen molar-refractivity contribution in [3.05, 3.63) is 29.8 Å². The Bertz CT molecular complexity index is 446. The molecular formula is C14H18OSSi. The van der Waals surface area contributed by atoms with Gasteiger partial charge >= 0.3 is 0 Å². The molecule has 0 bridgehead atoms. The standard InChI is InChI=1S/C14H18OSSi/c1-12(15)16-11-5-6-13-7-9-14(10-8-13)17(2,3)4/h7-10H,11H2,1-4H3. The minimum absolute atomic E-state index is 0.119. The molecule has 3 heteroatoms. The van der Waals surface area contributed by atoms with Gasteiger partial charge in [0.1, 0.15) is 0 Å². The normalized spacial score (nSPS) is 10.6. The molecule has 0 unspecified atom stereocenters. The van der Waals surface area contributed by atoms with Crippen LogP contribution in [0.15, 0.2) is 24.3 Å². The van der Waals surface area contributed by atoms with E-state index in [1.54, 1.807) is 6.92 Å². The van der Waals surface area contributed by atoms with Crippen LogP contribution < -0.4 is 5.19 Å². The number of thioether (sulfide) groups is 1. The van der Waals surface area contributed by atoms with E-state index >= 15 is 0 Å². The number of carbonyl (C=O) groups is 1. The third-order valence-corrected chi connectivity index (χ3v) is 5.09. The van der Waals surface area contributed by atoms with Crippen LogP contribution in [0.5, 0.6) is 0 Å². The van der Waals surface area contributed by atoms with E-state index in [0.29, 0.717) is 5.75 Å². The maximum absolute atomic E-state index is 10.7. The summed E-state index contributed by atoms with van der Waals surface area (Å²) in [5.41, 5.74) is 1.02. The van der Waals surface area contributed by atoms with E-state index in [0.717, 1.165) is 5.56 Å². The summed E-state index contributed by atoms with van der Waals surface area (Å²) >= 11 is 1.25. The lowest BCUT2D eigenvalue weighted by molar-refractivity contribution is -0.109. The molecule has 0 saturated carbocycles. The summed E-state index contributed by atoms with van der Waals surface area (Å²) in [6.45, 7) is 8.56. The van der Waals surface area contributed by atoms with Crippen LogP contribution in [0.1, 0.15) is 12.5 Å². The molecule has 0 aliphatic rings. The first kappa shape index (κ1) is 14.1. The monoisotopic (exact) mass is 262 g/mol. The molecule has 0 aliphatic heterocycles. The van der Waals surface area contributed by atoms with Crippen molar-refractivity contribution < 1.29 is 4.79 Å². The van der Waals surface area contributed by atoms with Crippen molar-refractivity contribution in [3.8, 4) is 11.8 Å². The van der Waals surface area contributed by atoms with E-state index < -0.39 is 8.07 Å². The fourth-order valence-corrected chi connectivity index (χ4v) is 2.84. The van der Waals surface area contributed by atoms with Gasteiger partial charge in [0.15, 0.2) is 5.12 Å². The van der Waals surface area contributed by atoms with Crippen LogP contribution >= 0.6 is 11.8 Å². The predicted octanol–water partition coefficient (Wildman–Crippen LogP) is 2.86. The number of benzene rings is 1. The Kier molecular flexibility index (Phi) is 5.04. The molecule has 1 aromatic carbocycles. The summed E-state index contributed by atoms with van der Waals surface area (Å²) in [5.74, 6) is 6.64. The van der Waals surface area contributed by atoms with Crippen LogP contribution in [0.3, 0.4) is 0 Å². The molecule has 0 fully saturated rings. The van der Waals surface area contributed by atoms with Crippen molar-refractivity contribution in [2.45, 2.75) is 26.6 Å². The SMILES string of the molecule is CC(=O)SCC#Cc1ccc([Si](C)(C)C)cc1. The van der Waals surface area contributed by atoms with Gasteiger partial charge in [-0.1, -0.05) is 60.6 Å². The molecule has 0 N–H and O–H groups in total. The van der Waals surface area contributed by atoms with Crippen LogP contribution in [0.2, 0.25) is 19.6 Å². The summed E-state index contributed by atoms with van der Waals surface area (Å²) in [7, 11) is -1.21. The largest absolute Gasteiger partial charge is 0.288 e. The van der Waals surface area contributed by atoms with Crippen molar-refractivity contribution in [2.24, 2.45) is 0 Å².